The lowest BCUT2D eigenvalue weighted by atomic mass is 9.77. The Hall–Kier alpha value is -1.84. The monoisotopic (exact) mass is 258 g/mol. The number of nitrogens with zero attached hydrogens (tertiary/aromatic N) is 2. The van der Waals surface area contributed by atoms with Gasteiger partial charge in [-0.15, -0.1) is 0 Å². The number of urea groups is 1. The van der Waals surface area contributed by atoms with E-state index in [1.54, 1.807) is 11.9 Å². The van der Waals surface area contributed by atoms with Gasteiger partial charge in [0.25, 0.3) is 5.91 Å². The van der Waals surface area contributed by atoms with Crippen molar-refractivity contribution >= 4 is 11.9 Å². The fraction of sp³-hybridized carbons (Fsp3) is 0.467. The van der Waals surface area contributed by atoms with E-state index in [0.29, 0.717) is 6.54 Å². The van der Waals surface area contributed by atoms with Crippen LogP contribution in [0.25, 0.3) is 0 Å². The molecular formula is C15H18N2O2. The lowest BCUT2D eigenvalue weighted by Gasteiger charge is -2.34. The number of amides is 3. The third kappa shape index (κ3) is 1.29. The molecule has 0 N–H and O–H groups in total. The van der Waals surface area contributed by atoms with Gasteiger partial charge in [-0.3, -0.25) is 9.69 Å². The van der Waals surface area contributed by atoms with Crippen LogP contribution in [0.3, 0.4) is 0 Å². The molecule has 4 nitrogen and oxygen atoms in total. The quantitative estimate of drug-likeness (QED) is 0.724. The molecule has 2 aliphatic heterocycles. The molecule has 2 heterocycles. The molecule has 1 aromatic carbocycles. The Morgan fingerprint density at radius 3 is 2.63 bits per heavy atom. The molecule has 0 bridgehead atoms. The van der Waals surface area contributed by atoms with E-state index in [9.17, 15) is 9.59 Å². The third-order valence-electron chi connectivity index (χ3n) is 4.63. The normalized spacial score (nSPS) is 30.2. The topological polar surface area (TPSA) is 40.6 Å². The molecule has 0 radical (unpaired) electrons. The SMILES string of the molecule is Cc1ccccc1[C@@]12C(=O)N(C)C(=O)N1CC[C@@H]2C. The van der Waals surface area contributed by atoms with Gasteiger partial charge in [-0.1, -0.05) is 31.2 Å². The number of carbonyl (C=O) groups excluding carboxylic acids is 2. The van der Waals surface area contributed by atoms with E-state index in [-0.39, 0.29) is 17.9 Å². The largest absolute Gasteiger partial charge is 0.327 e. The van der Waals surface area contributed by atoms with Crippen LogP contribution < -0.4 is 0 Å². The summed E-state index contributed by atoms with van der Waals surface area (Å²) in [6, 6.07) is 7.72. The predicted molar refractivity (Wildman–Crippen MR) is 71.5 cm³/mol. The first kappa shape index (κ1) is 12.2. The van der Waals surface area contributed by atoms with Crippen molar-refractivity contribution in [2.45, 2.75) is 25.8 Å². The smallest absolute Gasteiger partial charge is 0.305 e. The predicted octanol–water partition coefficient (Wildman–Crippen LogP) is 2.12. The van der Waals surface area contributed by atoms with Crippen LogP contribution in [0.5, 0.6) is 0 Å². The van der Waals surface area contributed by atoms with Crippen molar-refractivity contribution in [1.82, 2.24) is 9.80 Å². The van der Waals surface area contributed by atoms with Gasteiger partial charge in [0.05, 0.1) is 0 Å². The summed E-state index contributed by atoms with van der Waals surface area (Å²) >= 11 is 0. The highest BCUT2D eigenvalue weighted by Crippen LogP contribution is 2.49. The van der Waals surface area contributed by atoms with Crippen molar-refractivity contribution < 1.29 is 9.59 Å². The Kier molecular flexibility index (Phi) is 2.46. The zero-order valence-corrected chi connectivity index (χ0v) is 11.5. The minimum Gasteiger partial charge on any atom is -0.305 e. The lowest BCUT2D eigenvalue weighted by molar-refractivity contribution is -0.133. The minimum absolute atomic E-state index is 0.0863. The minimum atomic E-state index is -0.781. The summed E-state index contributed by atoms with van der Waals surface area (Å²) in [6.07, 6.45) is 0.875. The molecular weight excluding hydrogens is 240 g/mol. The van der Waals surface area contributed by atoms with Crippen LogP contribution in [0.1, 0.15) is 24.5 Å². The Morgan fingerprint density at radius 2 is 1.95 bits per heavy atom. The van der Waals surface area contributed by atoms with Crippen LogP contribution in [-0.4, -0.2) is 35.3 Å². The summed E-state index contributed by atoms with van der Waals surface area (Å²) < 4.78 is 0. The Morgan fingerprint density at radius 1 is 1.26 bits per heavy atom. The van der Waals surface area contributed by atoms with Crippen LogP contribution in [0.15, 0.2) is 24.3 Å². The summed E-state index contributed by atoms with van der Waals surface area (Å²) in [5.74, 6) is 0.0619. The molecule has 2 saturated heterocycles. The van der Waals surface area contributed by atoms with E-state index in [0.717, 1.165) is 17.5 Å². The average molecular weight is 258 g/mol. The second kappa shape index (κ2) is 3.83. The summed E-state index contributed by atoms with van der Waals surface area (Å²) in [5, 5.41) is 0. The van der Waals surface area contributed by atoms with Crippen molar-refractivity contribution in [2.24, 2.45) is 5.92 Å². The van der Waals surface area contributed by atoms with Crippen molar-refractivity contribution in [2.75, 3.05) is 13.6 Å². The number of likely N-dealkylation sites (N-methyl/N-ethyl adjacent to an activating group) is 1. The van der Waals surface area contributed by atoms with Crippen molar-refractivity contribution in [3.63, 3.8) is 0 Å². The number of benzene rings is 1. The second-order valence-electron chi connectivity index (χ2n) is 5.57. The van der Waals surface area contributed by atoms with E-state index in [1.165, 1.54) is 4.90 Å². The van der Waals surface area contributed by atoms with Crippen molar-refractivity contribution in [3.05, 3.63) is 35.4 Å². The molecule has 1 aromatic rings. The van der Waals surface area contributed by atoms with Crippen LogP contribution in [0, 0.1) is 12.8 Å². The molecule has 3 amide bonds. The second-order valence-corrected chi connectivity index (χ2v) is 5.57. The van der Waals surface area contributed by atoms with Crippen LogP contribution in [0.2, 0.25) is 0 Å². The maximum absolute atomic E-state index is 12.7. The van der Waals surface area contributed by atoms with Gasteiger partial charge in [-0.25, -0.2) is 4.79 Å². The molecule has 19 heavy (non-hydrogen) atoms. The summed E-state index contributed by atoms with van der Waals surface area (Å²) in [5.41, 5.74) is 1.26. The Bertz CT molecular complexity index is 569. The number of rotatable bonds is 1. The number of fused-ring (bicyclic) bond motifs is 1. The van der Waals surface area contributed by atoms with Crippen LogP contribution in [0.4, 0.5) is 4.79 Å². The molecule has 0 aromatic heterocycles. The number of hydrogen-bond donors (Lipinski definition) is 0. The molecule has 0 unspecified atom stereocenters. The van der Waals surface area contributed by atoms with Gasteiger partial charge >= 0.3 is 6.03 Å². The van der Waals surface area contributed by atoms with Gasteiger partial charge in [-0.2, -0.15) is 0 Å². The molecule has 2 fully saturated rings. The standard InChI is InChI=1S/C15H18N2O2/c1-10-6-4-5-7-12(10)15-11(2)8-9-17(15)14(19)16(3)13(15)18/h4-7,11H,8-9H2,1-3H3/t11-,15-/m0/s1. The molecule has 4 heteroatoms. The molecule has 0 saturated carbocycles. The van der Waals surface area contributed by atoms with Crippen LogP contribution >= 0.6 is 0 Å². The van der Waals surface area contributed by atoms with E-state index in [4.69, 9.17) is 0 Å². The van der Waals surface area contributed by atoms with E-state index in [1.807, 2.05) is 31.2 Å². The number of imide groups is 1. The summed E-state index contributed by atoms with van der Waals surface area (Å²) in [4.78, 5) is 28.0. The highest BCUT2D eigenvalue weighted by molar-refractivity contribution is 6.08. The zero-order chi connectivity index (χ0) is 13.8. The van der Waals surface area contributed by atoms with E-state index < -0.39 is 5.54 Å². The number of carbonyl (C=O) groups is 2. The maximum Gasteiger partial charge on any atom is 0.327 e. The first-order chi connectivity index (χ1) is 9.01. The van der Waals surface area contributed by atoms with Crippen molar-refractivity contribution in [3.8, 4) is 0 Å². The maximum atomic E-state index is 12.7. The number of hydrogen-bond acceptors (Lipinski definition) is 2. The molecule has 100 valence electrons. The fourth-order valence-electron chi connectivity index (χ4n) is 3.60. The molecule has 2 aliphatic rings. The first-order valence-electron chi connectivity index (χ1n) is 6.67. The highest BCUT2D eigenvalue weighted by Gasteiger charge is 2.63. The number of aryl methyl sites for hydroxylation is 1. The average Bonchev–Trinajstić information content (AvgIpc) is 2.83. The fourth-order valence-corrected chi connectivity index (χ4v) is 3.60. The molecule has 2 atom stereocenters. The molecule has 3 rings (SSSR count). The Labute approximate surface area is 113 Å². The van der Waals surface area contributed by atoms with Gasteiger partial charge in [0.15, 0.2) is 5.54 Å². The van der Waals surface area contributed by atoms with Gasteiger partial charge < -0.3 is 4.90 Å². The zero-order valence-electron chi connectivity index (χ0n) is 11.5. The van der Waals surface area contributed by atoms with Gasteiger partial charge in [-0.05, 0) is 30.4 Å². The van der Waals surface area contributed by atoms with Gasteiger partial charge in [0.1, 0.15) is 0 Å². The van der Waals surface area contributed by atoms with E-state index in [2.05, 4.69) is 6.92 Å². The highest BCUT2D eigenvalue weighted by atomic mass is 16.2. The summed E-state index contributed by atoms with van der Waals surface area (Å²) in [7, 11) is 1.58. The lowest BCUT2D eigenvalue weighted by Crippen LogP contribution is -2.46. The summed E-state index contributed by atoms with van der Waals surface area (Å²) in [6.45, 7) is 4.73. The third-order valence-corrected chi connectivity index (χ3v) is 4.63. The van der Waals surface area contributed by atoms with Gasteiger partial charge in [0.2, 0.25) is 0 Å². The van der Waals surface area contributed by atoms with Crippen LogP contribution in [-0.2, 0) is 10.3 Å². The van der Waals surface area contributed by atoms with Crippen molar-refractivity contribution in [1.29, 1.82) is 0 Å². The Balaban J connectivity index is 2.27. The first-order valence-corrected chi connectivity index (χ1v) is 6.67. The van der Waals surface area contributed by atoms with E-state index >= 15 is 0 Å². The molecule has 0 spiro atoms. The van der Waals surface area contributed by atoms with Gasteiger partial charge in [0, 0.05) is 13.6 Å². The molecule has 0 aliphatic carbocycles.